The fourth-order valence-electron chi connectivity index (χ4n) is 2.48. The van der Waals surface area contributed by atoms with Gasteiger partial charge in [0.2, 0.25) is 0 Å². The van der Waals surface area contributed by atoms with Crippen molar-refractivity contribution in [3.05, 3.63) is 47.8 Å². The molecule has 21 heavy (non-hydrogen) atoms. The van der Waals surface area contributed by atoms with Crippen LogP contribution in [0, 0.1) is 0 Å². The monoisotopic (exact) mass is 286 g/mol. The molecule has 4 nitrogen and oxygen atoms in total. The Morgan fingerprint density at radius 1 is 1.14 bits per heavy atom. The fourth-order valence-corrected chi connectivity index (χ4v) is 2.48. The largest absolute Gasteiger partial charge is 0.493 e. The first-order valence-electron chi connectivity index (χ1n) is 7.38. The maximum absolute atomic E-state index is 5.37. The number of benzene rings is 1. The van der Waals surface area contributed by atoms with Crippen LogP contribution in [0.3, 0.4) is 0 Å². The van der Waals surface area contributed by atoms with Crippen LogP contribution in [0.4, 0.5) is 0 Å². The molecular formula is C17H22N2O2. The highest BCUT2D eigenvalue weighted by atomic mass is 16.5. The van der Waals surface area contributed by atoms with Gasteiger partial charge in [0.05, 0.1) is 14.2 Å². The lowest BCUT2D eigenvalue weighted by molar-refractivity contribution is 0.354. The van der Waals surface area contributed by atoms with Crippen LogP contribution in [0.5, 0.6) is 11.5 Å². The number of nitrogens with one attached hydrogen (secondary N) is 1. The number of aromatic nitrogens is 1. The van der Waals surface area contributed by atoms with Gasteiger partial charge in [0.15, 0.2) is 11.5 Å². The average Bonchev–Trinajstić information content (AvgIpc) is 3.25. The van der Waals surface area contributed by atoms with Crippen LogP contribution in [0.25, 0.3) is 0 Å². The number of nitrogens with zero attached hydrogens (tertiary/aromatic N) is 1. The zero-order chi connectivity index (χ0) is 14.7. The minimum atomic E-state index is 0.731. The molecule has 1 aliphatic carbocycles. The Kier molecular flexibility index (Phi) is 4.15. The Bertz CT molecular complexity index is 603. The van der Waals surface area contributed by atoms with E-state index in [1.807, 2.05) is 12.1 Å². The molecule has 112 valence electrons. The van der Waals surface area contributed by atoms with Crippen molar-refractivity contribution >= 4 is 0 Å². The molecule has 0 bridgehead atoms. The first-order chi connectivity index (χ1) is 10.3. The van der Waals surface area contributed by atoms with E-state index >= 15 is 0 Å². The van der Waals surface area contributed by atoms with Gasteiger partial charge in [-0.15, -0.1) is 0 Å². The molecule has 0 spiro atoms. The summed E-state index contributed by atoms with van der Waals surface area (Å²) in [6.07, 6.45) is 4.76. The van der Waals surface area contributed by atoms with Crippen molar-refractivity contribution in [3.8, 4) is 11.5 Å². The lowest BCUT2D eigenvalue weighted by atomic mass is 10.2. The molecule has 0 radical (unpaired) electrons. The molecule has 3 rings (SSSR count). The topological polar surface area (TPSA) is 35.4 Å². The number of rotatable bonds is 7. The Morgan fingerprint density at radius 3 is 2.67 bits per heavy atom. The molecule has 1 heterocycles. The summed E-state index contributed by atoms with van der Waals surface area (Å²) in [7, 11) is 3.33. The summed E-state index contributed by atoms with van der Waals surface area (Å²) in [6.45, 7) is 1.78. The molecule has 1 aromatic heterocycles. The van der Waals surface area contributed by atoms with E-state index in [2.05, 4.69) is 34.3 Å². The number of hydrogen-bond donors (Lipinski definition) is 1. The highest BCUT2D eigenvalue weighted by molar-refractivity contribution is 5.43. The van der Waals surface area contributed by atoms with Crippen LogP contribution in [0.2, 0.25) is 0 Å². The minimum Gasteiger partial charge on any atom is -0.493 e. The summed E-state index contributed by atoms with van der Waals surface area (Å²) in [5.74, 6) is 1.55. The molecule has 0 unspecified atom stereocenters. The van der Waals surface area contributed by atoms with Gasteiger partial charge in [-0.2, -0.15) is 0 Å². The van der Waals surface area contributed by atoms with Gasteiger partial charge in [-0.3, -0.25) is 0 Å². The van der Waals surface area contributed by atoms with Crippen LogP contribution in [0.1, 0.15) is 24.1 Å². The summed E-state index contributed by atoms with van der Waals surface area (Å²) in [4.78, 5) is 0. The first-order valence-corrected chi connectivity index (χ1v) is 7.38. The van der Waals surface area contributed by atoms with Gasteiger partial charge in [-0.1, -0.05) is 6.07 Å². The van der Waals surface area contributed by atoms with Gasteiger partial charge >= 0.3 is 0 Å². The van der Waals surface area contributed by atoms with E-state index in [4.69, 9.17) is 9.47 Å². The van der Waals surface area contributed by atoms with E-state index in [1.165, 1.54) is 24.1 Å². The molecule has 1 saturated carbocycles. The quantitative estimate of drug-likeness (QED) is 0.850. The molecule has 0 saturated heterocycles. The summed E-state index contributed by atoms with van der Waals surface area (Å²) in [5, 5.41) is 3.56. The van der Waals surface area contributed by atoms with E-state index in [0.717, 1.165) is 30.6 Å². The second-order valence-electron chi connectivity index (χ2n) is 5.47. The Balaban J connectivity index is 1.72. The van der Waals surface area contributed by atoms with Crippen molar-refractivity contribution in [2.75, 3.05) is 14.2 Å². The number of hydrogen-bond acceptors (Lipinski definition) is 3. The molecule has 1 N–H and O–H groups in total. The van der Waals surface area contributed by atoms with Crippen molar-refractivity contribution in [1.29, 1.82) is 0 Å². The second-order valence-corrected chi connectivity index (χ2v) is 5.47. The zero-order valence-corrected chi connectivity index (χ0v) is 12.6. The SMILES string of the molecule is COc1ccc(Cn2cccc2CNC2CC2)cc1OC. The van der Waals surface area contributed by atoms with Crippen molar-refractivity contribution in [1.82, 2.24) is 9.88 Å². The van der Waals surface area contributed by atoms with Gasteiger partial charge in [0.25, 0.3) is 0 Å². The molecule has 1 aliphatic rings. The third kappa shape index (κ3) is 3.39. The molecule has 1 aromatic carbocycles. The van der Waals surface area contributed by atoms with Gasteiger partial charge in [-0.25, -0.2) is 0 Å². The average molecular weight is 286 g/mol. The Labute approximate surface area is 125 Å². The Hall–Kier alpha value is -1.94. The zero-order valence-electron chi connectivity index (χ0n) is 12.6. The van der Waals surface area contributed by atoms with E-state index < -0.39 is 0 Å². The van der Waals surface area contributed by atoms with Crippen LogP contribution >= 0.6 is 0 Å². The van der Waals surface area contributed by atoms with Gasteiger partial charge in [0.1, 0.15) is 0 Å². The smallest absolute Gasteiger partial charge is 0.161 e. The summed E-state index contributed by atoms with van der Waals surface area (Å²) < 4.78 is 12.9. The van der Waals surface area contributed by atoms with Crippen molar-refractivity contribution in [2.45, 2.75) is 32.0 Å². The molecule has 0 aliphatic heterocycles. The van der Waals surface area contributed by atoms with Gasteiger partial charge in [0, 0.05) is 31.0 Å². The van der Waals surface area contributed by atoms with Crippen molar-refractivity contribution in [3.63, 3.8) is 0 Å². The Morgan fingerprint density at radius 2 is 1.95 bits per heavy atom. The lowest BCUT2D eigenvalue weighted by Crippen LogP contribution is -2.18. The normalized spacial score (nSPS) is 14.2. The van der Waals surface area contributed by atoms with E-state index in [9.17, 15) is 0 Å². The molecule has 0 amide bonds. The third-order valence-corrected chi connectivity index (χ3v) is 3.87. The van der Waals surface area contributed by atoms with Crippen LogP contribution < -0.4 is 14.8 Å². The van der Waals surface area contributed by atoms with Gasteiger partial charge < -0.3 is 19.4 Å². The predicted molar refractivity (Wildman–Crippen MR) is 82.9 cm³/mol. The van der Waals surface area contributed by atoms with Crippen LogP contribution in [0.15, 0.2) is 36.5 Å². The van der Waals surface area contributed by atoms with Crippen LogP contribution in [-0.2, 0) is 13.1 Å². The summed E-state index contributed by atoms with van der Waals surface area (Å²) >= 11 is 0. The fraction of sp³-hybridized carbons (Fsp3) is 0.412. The van der Waals surface area contributed by atoms with Crippen molar-refractivity contribution in [2.24, 2.45) is 0 Å². The summed E-state index contributed by atoms with van der Waals surface area (Å²) in [5.41, 5.74) is 2.52. The van der Waals surface area contributed by atoms with E-state index in [0.29, 0.717) is 0 Å². The first kappa shape index (κ1) is 14.0. The molecular weight excluding hydrogens is 264 g/mol. The van der Waals surface area contributed by atoms with E-state index in [-0.39, 0.29) is 0 Å². The lowest BCUT2D eigenvalue weighted by Gasteiger charge is -2.13. The number of ether oxygens (including phenoxy) is 2. The molecule has 4 heteroatoms. The summed E-state index contributed by atoms with van der Waals surface area (Å²) in [6, 6.07) is 11.1. The van der Waals surface area contributed by atoms with Crippen LogP contribution in [-0.4, -0.2) is 24.8 Å². The molecule has 0 atom stereocenters. The standard InChI is InChI=1S/C17H22N2O2/c1-20-16-8-5-13(10-17(16)21-2)12-19-9-3-4-15(19)11-18-14-6-7-14/h3-5,8-10,14,18H,6-7,11-12H2,1-2H3. The molecule has 1 fully saturated rings. The molecule has 2 aromatic rings. The number of methoxy groups -OCH3 is 2. The van der Waals surface area contributed by atoms with Gasteiger partial charge in [-0.05, 0) is 42.7 Å². The van der Waals surface area contributed by atoms with Crippen molar-refractivity contribution < 1.29 is 9.47 Å². The second kappa shape index (κ2) is 6.22. The minimum absolute atomic E-state index is 0.731. The van der Waals surface area contributed by atoms with E-state index in [1.54, 1.807) is 14.2 Å². The highest BCUT2D eigenvalue weighted by Crippen LogP contribution is 2.28. The third-order valence-electron chi connectivity index (χ3n) is 3.87. The maximum Gasteiger partial charge on any atom is 0.161 e. The highest BCUT2D eigenvalue weighted by Gasteiger charge is 2.20. The predicted octanol–water partition coefficient (Wildman–Crippen LogP) is 2.81. The maximum atomic E-state index is 5.37.